The second-order valence-electron chi connectivity index (χ2n) is 3.06. The van der Waals surface area contributed by atoms with Crippen LogP contribution in [0.4, 0.5) is 8.78 Å². The van der Waals surface area contributed by atoms with Crippen molar-refractivity contribution in [2.75, 3.05) is 0 Å². The molecule has 0 spiro atoms. The molecule has 2 rings (SSSR count). The fourth-order valence-corrected chi connectivity index (χ4v) is 1.51. The molecule has 4 heteroatoms. The summed E-state index contributed by atoms with van der Waals surface area (Å²) in [4.78, 5) is 14.6. The number of hydrogen-bond donors (Lipinski definition) is 0. The van der Waals surface area contributed by atoms with Crippen LogP contribution in [0.1, 0.15) is 18.4 Å². The van der Waals surface area contributed by atoms with Crippen molar-refractivity contribution in [1.29, 1.82) is 0 Å². The van der Waals surface area contributed by atoms with Crippen LogP contribution in [0.5, 0.6) is 0 Å². The van der Waals surface area contributed by atoms with Crippen molar-refractivity contribution in [1.82, 2.24) is 4.98 Å². The minimum atomic E-state index is -0.786. The second kappa shape index (κ2) is 3.29. The summed E-state index contributed by atoms with van der Waals surface area (Å²) in [6.07, 6.45) is 4.26. The number of aromatic nitrogens is 1. The van der Waals surface area contributed by atoms with Crippen molar-refractivity contribution >= 4 is 11.4 Å². The summed E-state index contributed by atoms with van der Waals surface area (Å²) in [5, 5.41) is 0. The fraction of sp³-hybridized carbons (Fsp3) is 0.200. The van der Waals surface area contributed by atoms with Crippen molar-refractivity contribution in [3.63, 3.8) is 0 Å². The van der Waals surface area contributed by atoms with E-state index < -0.39 is 11.6 Å². The maximum Gasteiger partial charge on any atom is 0.163 e. The van der Waals surface area contributed by atoms with Crippen LogP contribution in [-0.4, -0.2) is 10.8 Å². The van der Waals surface area contributed by atoms with Crippen molar-refractivity contribution < 1.29 is 13.6 Å². The maximum absolute atomic E-state index is 13.2. The average Bonchev–Trinajstić information content (AvgIpc) is 2.52. The highest BCUT2D eigenvalue weighted by atomic mass is 19.1. The summed E-state index contributed by atoms with van der Waals surface area (Å²) in [5.41, 5.74) is -0.107. The van der Waals surface area contributed by atoms with E-state index in [0.29, 0.717) is 12.8 Å². The molecule has 0 saturated heterocycles. The van der Waals surface area contributed by atoms with Crippen LogP contribution in [0, 0.1) is 11.6 Å². The molecule has 1 heterocycles. The van der Waals surface area contributed by atoms with Crippen molar-refractivity contribution in [3.05, 3.63) is 35.7 Å². The van der Waals surface area contributed by atoms with E-state index in [4.69, 9.17) is 0 Å². The molecular formula is C10H7F2NO. The molecule has 0 bridgehead atoms. The molecule has 0 aromatic carbocycles. The van der Waals surface area contributed by atoms with Crippen LogP contribution in [0.15, 0.2) is 18.5 Å². The fourth-order valence-electron chi connectivity index (χ4n) is 1.51. The summed E-state index contributed by atoms with van der Waals surface area (Å²) in [5.74, 6) is -1.79. The van der Waals surface area contributed by atoms with Crippen LogP contribution >= 0.6 is 0 Å². The van der Waals surface area contributed by atoms with Crippen molar-refractivity contribution in [3.8, 4) is 0 Å². The van der Waals surface area contributed by atoms with Gasteiger partial charge in [0, 0.05) is 12.0 Å². The first kappa shape index (κ1) is 8.99. The van der Waals surface area contributed by atoms with E-state index in [9.17, 15) is 13.6 Å². The largest absolute Gasteiger partial charge is 0.294 e. The molecule has 14 heavy (non-hydrogen) atoms. The van der Waals surface area contributed by atoms with Crippen molar-refractivity contribution in [2.45, 2.75) is 12.8 Å². The number of Topliss-reactive ketones (excluding diaryl/α,β-unsaturated/α-hetero) is 1. The van der Waals surface area contributed by atoms with Gasteiger partial charge in [0.25, 0.3) is 0 Å². The lowest BCUT2D eigenvalue weighted by molar-refractivity contribution is -0.113. The molecule has 1 aromatic rings. The standard InChI is InChI=1S/C10H7F2NO/c11-7-4-13-5-8(12)10(7)6-2-1-3-9(6)14/h2,4-5H,1,3H2. The smallest absolute Gasteiger partial charge is 0.163 e. The van der Waals surface area contributed by atoms with Crippen molar-refractivity contribution in [2.24, 2.45) is 0 Å². The number of pyridine rings is 1. The molecular weight excluding hydrogens is 188 g/mol. The molecule has 2 nitrogen and oxygen atoms in total. The predicted molar refractivity (Wildman–Crippen MR) is 46.4 cm³/mol. The first-order chi connectivity index (χ1) is 6.70. The molecule has 1 aliphatic rings. The minimum absolute atomic E-state index is 0.141. The summed E-state index contributed by atoms with van der Waals surface area (Å²) < 4.78 is 26.4. The number of halogens is 2. The number of carbonyl (C=O) groups is 1. The molecule has 0 N–H and O–H groups in total. The third-order valence-electron chi connectivity index (χ3n) is 2.14. The topological polar surface area (TPSA) is 30.0 Å². The molecule has 1 aromatic heterocycles. The zero-order valence-corrected chi connectivity index (χ0v) is 7.26. The van der Waals surface area contributed by atoms with Crippen LogP contribution in [0.25, 0.3) is 5.57 Å². The molecule has 72 valence electrons. The van der Waals surface area contributed by atoms with Gasteiger partial charge >= 0.3 is 0 Å². The van der Waals surface area contributed by atoms with E-state index >= 15 is 0 Å². The first-order valence-electron chi connectivity index (χ1n) is 4.23. The number of rotatable bonds is 1. The van der Waals surface area contributed by atoms with E-state index in [2.05, 4.69) is 4.98 Å². The number of hydrogen-bond acceptors (Lipinski definition) is 2. The number of nitrogens with zero attached hydrogens (tertiary/aromatic N) is 1. The summed E-state index contributed by atoms with van der Waals surface area (Å²) >= 11 is 0. The summed E-state index contributed by atoms with van der Waals surface area (Å²) in [6, 6.07) is 0. The molecule has 0 saturated carbocycles. The number of ketones is 1. The Balaban J connectivity index is 2.56. The highest BCUT2D eigenvalue weighted by molar-refractivity contribution is 6.22. The molecule has 1 aliphatic carbocycles. The third-order valence-corrected chi connectivity index (χ3v) is 2.14. The SMILES string of the molecule is O=C1CCC=C1c1c(F)cncc1F. The Hall–Kier alpha value is -1.58. The van der Waals surface area contributed by atoms with Gasteiger partial charge in [0.05, 0.1) is 18.0 Å². The Labute approximate surface area is 79.3 Å². The number of allylic oxidation sites excluding steroid dienone is 2. The Morgan fingerprint density at radius 2 is 1.86 bits per heavy atom. The number of carbonyl (C=O) groups excluding carboxylic acids is 1. The van der Waals surface area contributed by atoms with Crippen LogP contribution in [-0.2, 0) is 4.79 Å². The molecule has 0 fully saturated rings. The van der Waals surface area contributed by atoms with Gasteiger partial charge in [0.15, 0.2) is 17.4 Å². The highest BCUT2D eigenvalue weighted by Gasteiger charge is 2.22. The van der Waals surface area contributed by atoms with Gasteiger partial charge < -0.3 is 0 Å². The van der Waals surface area contributed by atoms with Crippen LogP contribution in [0.3, 0.4) is 0 Å². The lowest BCUT2D eigenvalue weighted by atomic mass is 10.1. The van der Waals surface area contributed by atoms with Crippen LogP contribution in [0.2, 0.25) is 0 Å². The van der Waals surface area contributed by atoms with E-state index in [0.717, 1.165) is 12.4 Å². The normalized spacial score (nSPS) is 15.9. The van der Waals surface area contributed by atoms with E-state index in [1.807, 2.05) is 0 Å². The summed E-state index contributed by atoms with van der Waals surface area (Å²) in [6.45, 7) is 0. The van der Waals surface area contributed by atoms with Gasteiger partial charge in [0.2, 0.25) is 0 Å². The Morgan fingerprint density at radius 1 is 1.21 bits per heavy atom. The third kappa shape index (κ3) is 1.32. The summed E-state index contributed by atoms with van der Waals surface area (Å²) in [7, 11) is 0. The van der Waals surface area contributed by atoms with E-state index in [1.54, 1.807) is 6.08 Å². The molecule has 0 aliphatic heterocycles. The Kier molecular flexibility index (Phi) is 2.11. The Morgan fingerprint density at radius 3 is 2.36 bits per heavy atom. The van der Waals surface area contributed by atoms with Gasteiger partial charge in [-0.25, -0.2) is 8.78 Å². The predicted octanol–water partition coefficient (Wildman–Crippen LogP) is 2.11. The monoisotopic (exact) mass is 195 g/mol. The zero-order valence-electron chi connectivity index (χ0n) is 7.26. The van der Waals surface area contributed by atoms with E-state index in [-0.39, 0.29) is 16.9 Å². The lowest BCUT2D eigenvalue weighted by Gasteiger charge is -2.03. The zero-order chi connectivity index (χ0) is 10.1. The highest BCUT2D eigenvalue weighted by Crippen LogP contribution is 2.27. The molecule has 0 radical (unpaired) electrons. The quantitative estimate of drug-likeness (QED) is 0.686. The second-order valence-corrected chi connectivity index (χ2v) is 3.06. The minimum Gasteiger partial charge on any atom is -0.294 e. The maximum atomic E-state index is 13.2. The van der Waals surface area contributed by atoms with Crippen LogP contribution < -0.4 is 0 Å². The van der Waals surface area contributed by atoms with Gasteiger partial charge in [-0.1, -0.05) is 6.08 Å². The Bertz CT molecular complexity index is 406. The van der Waals surface area contributed by atoms with E-state index in [1.165, 1.54) is 0 Å². The molecule has 0 atom stereocenters. The van der Waals surface area contributed by atoms with Gasteiger partial charge in [-0.2, -0.15) is 0 Å². The molecule has 0 amide bonds. The first-order valence-corrected chi connectivity index (χ1v) is 4.23. The molecule has 0 unspecified atom stereocenters. The van der Waals surface area contributed by atoms with Gasteiger partial charge in [0.1, 0.15) is 0 Å². The average molecular weight is 195 g/mol. The van der Waals surface area contributed by atoms with Gasteiger partial charge in [-0.15, -0.1) is 0 Å². The van der Waals surface area contributed by atoms with Gasteiger partial charge in [-0.3, -0.25) is 9.78 Å². The van der Waals surface area contributed by atoms with Gasteiger partial charge in [-0.05, 0) is 6.42 Å². The lowest BCUT2D eigenvalue weighted by Crippen LogP contribution is -2.01.